The van der Waals surface area contributed by atoms with Crippen molar-refractivity contribution in [2.24, 2.45) is 0 Å². The molecule has 3 nitrogen and oxygen atoms in total. The summed E-state index contributed by atoms with van der Waals surface area (Å²) in [5.41, 5.74) is 3.47. The van der Waals surface area contributed by atoms with E-state index in [4.69, 9.17) is 16.0 Å². The molecule has 0 spiro atoms. The van der Waals surface area contributed by atoms with E-state index in [1.807, 2.05) is 19.9 Å². The molecule has 1 aromatic carbocycles. The quantitative estimate of drug-likeness (QED) is 0.769. The van der Waals surface area contributed by atoms with Crippen molar-refractivity contribution in [3.05, 3.63) is 34.0 Å². The summed E-state index contributed by atoms with van der Waals surface area (Å²) >= 11 is 6.20. The zero-order valence-corrected chi connectivity index (χ0v) is 10.7. The molecule has 0 bridgehead atoms. The van der Waals surface area contributed by atoms with E-state index in [9.17, 15) is 4.79 Å². The first kappa shape index (κ1) is 12.0. The smallest absolute Gasteiger partial charge is 0.310 e. The molecule has 0 aliphatic heterocycles. The maximum atomic E-state index is 11.3. The van der Waals surface area contributed by atoms with Crippen LogP contribution in [0.3, 0.4) is 0 Å². The second-order valence-electron chi connectivity index (χ2n) is 4.02. The summed E-state index contributed by atoms with van der Waals surface area (Å²) < 4.78 is 10.1. The average Bonchev–Trinajstić information content (AvgIpc) is 2.69. The fourth-order valence-electron chi connectivity index (χ4n) is 1.97. The number of aryl methyl sites for hydroxylation is 2. The molecule has 0 fully saturated rings. The number of ether oxygens (including phenoxy) is 1. The summed E-state index contributed by atoms with van der Waals surface area (Å²) in [7, 11) is 1.37. The van der Waals surface area contributed by atoms with Crippen molar-refractivity contribution in [3.63, 3.8) is 0 Å². The second kappa shape index (κ2) is 4.41. The number of hydrogen-bond donors (Lipinski definition) is 0. The molecule has 4 heteroatoms. The van der Waals surface area contributed by atoms with Crippen molar-refractivity contribution >= 4 is 28.5 Å². The van der Waals surface area contributed by atoms with Crippen LogP contribution in [0.15, 0.2) is 16.7 Å². The normalized spacial score (nSPS) is 10.8. The lowest BCUT2D eigenvalue weighted by Gasteiger charge is -2.05. The van der Waals surface area contributed by atoms with Crippen LogP contribution in [0.2, 0.25) is 5.02 Å². The van der Waals surface area contributed by atoms with E-state index in [2.05, 4.69) is 4.74 Å². The van der Waals surface area contributed by atoms with Crippen molar-refractivity contribution in [3.8, 4) is 0 Å². The van der Waals surface area contributed by atoms with Gasteiger partial charge in [0.25, 0.3) is 0 Å². The highest BCUT2D eigenvalue weighted by molar-refractivity contribution is 6.33. The second-order valence-corrected chi connectivity index (χ2v) is 4.40. The molecule has 0 radical (unpaired) electrons. The van der Waals surface area contributed by atoms with Gasteiger partial charge in [-0.25, -0.2) is 0 Å². The van der Waals surface area contributed by atoms with Gasteiger partial charge >= 0.3 is 5.97 Å². The average molecular weight is 253 g/mol. The first-order valence-electron chi connectivity index (χ1n) is 5.27. The molecular weight excluding hydrogens is 240 g/mol. The van der Waals surface area contributed by atoms with Crippen LogP contribution in [0.25, 0.3) is 11.0 Å². The lowest BCUT2D eigenvalue weighted by Crippen LogP contribution is -2.04. The summed E-state index contributed by atoms with van der Waals surface area (Å²) in [6, 6.07) is 1.88. The van der Waals surface area contributed by atoms with Crippen molar-refractivity contribution in [2.45, 2.75) is 20.3 Å². The maximum absolute atomic E-state index is 11.3. The zero-order valence-electron chi connectivity index (χ0n) is 9.96. The van der Waals surface area contributed by atoms with Crippen LogP contribution in [-0.4, -0.2) is 13.1 Å². The van der Waals surface area contributed by atoms with E-state index < -0.39 is 0 Å². The Bertz CT molecular complexity index is 584. The number of halogens is 1. The molecule has 0 atom stereocenters. The predicted octanol–water partition coefficient (Wildman–Crippen LogP) is 3.42. The monoisotopic (exact) mass is 252 g/mol. The molecule has 1 aromatic heterocycles. The van der Waals surface area contributed by atoms with Gasteiger partial charge in [-0.05, 0) is 31.0 Å². The van der Waals surface area contributed by atoms with Crippen molar-refractivity contribution < 1.29 is 13.9 Å². The third kappa shape index (κ3) is 2.03. The van der Waals surface area contributed by atoms with Crippen LogP contribution >= 0.6 is 11.6 Å². The Balaban J connectivity index is 2.60. The highest BCUT2D eigenvalue weighted by Crippen LogP contribution is 2.32. The number of esters is 1. The highest BCUT2D eigenvalue weighted by atomic mass is 35.5. The van der Waals surface area contributed by atoms with Crippen LogP contribution in [0.5, 0.6) is 0 Å². The minimum atomic E-state index is -0.288. The minimum Gasteiger partial charge on any atom is -0.469 e. The summed E-state index contributed by atoms with van der Waals surface area (Å²) in [6.45, 7) is 3.85. The molecule has 1 heterocycles. The molecule has 2 rings (SSSR count). The van der Waals surface area contributed by atoms with Gasteiger partial charge in [0.2, 0.25) is 0 Å². The van der Waals surface area contributed by atoms with Crippen LogP contribution in [0.4, 0.5) is 0 Å². The first-order chi connectivity index (χ1) is 8.04. The Morgan fingerprint density at radius 2 is 2.18 bits per heavy atom. The Hall–Kier alpha value is -1.48. The Morgan fingerprint density at radius 1 is 1.47 bits per heavy atom. The Morgan fingerprint density at radius 3 is 2.82 bits per heavy atom. The highest BCUT2D eigenvalue weighted by Gasteiger charge is 2.15. The van der Waals surface area contributed by atoms with E-state index in [1.165, 1.54) is 7.11 Å². The van der Waals surface area contributed by atoms with E-state index in [-0.39, 0.29) is 12.4 Å². The lowest BCUT2D eigenvalue weighted by atomic mass is 10.0. The van der Waals surface area contributed by atoms with Gasteiger partial charge in [0, 0.05) is 16.0 Å². The fraction of sp³-hybridized carbons (Fsp3) is 0.308. The van der Waals surface area contributed by atoms with Gasteiger partial charge in [0.15, 0.2) is 0 Å². The number of carbonyl (C=O) groups is 1. The van der Waals surface area contributed by atoms with Gasteiger partial charge in [0.1, 0.15) is 5.58 Å². The van der Waals surface area contributed by atoms with E-state index in [1.54, 1.807) is 6.26 Å². The largest absolute Gasteiger partial charge is 0.469 e. The predicted molar refractivity (Wildman–Crippen MR) is 66.4 cm³/mol. The van der Waals surface area contributed by atoms with E-state index in [0.717, 1.165) is 27.7 Å². The molecular formula is C13H13ClO3. The molecule has 0 N–H and O–H groups in total. The van der Waals surface area contributed by atoms with Crippen LogP contribution in [0.1, 0.15) is 16.7 Å². The molecule has 0 aliphatic carbocycles. The van der Waals surface area contributed by atoms with Gasteiger partial charge in [0.05, 0.1) is 19.8 Å². The topological polar surface area (TPSA) is 39.4 Å². The molecule has 90 valence electrons. The van der Waals surface area contributed by atoms with E-state index in [0.29, 0.717) is 5.02 Å². The van der Waals surface area contributed by atoms with Crippen LogP contribution in [0, 0.1) is 13.8 Å². The minimum absolute atomic E-state index is 0.198. The SMILES string of the molecule is COC(=O)Cc1coc2cc(C)c(Cl)c(C)c12. The summed E-state index contributed by atoms with van der Waals surface area (Å²) in [5, 5.41) is 1.62. The number of hydrogen-bond acceptors (Lipinski definition) is 3. The van der Waals surface area contributed by atoms with Crippen LogP contribution < -0.4 is 0 Å². The molecule has 17 heavy (non-hydrogen) atoms. The van der Waals surface area contributed by atoms with Gasteiger partial charge in [-0.2, -0.15) is 0 Å². The lowest BCUT2D eigenvalue weighted by molar-refractivity contribution is -0.139. The standard InChI is InChI=1S/C13H13ClO3/c1-7-4-10-12(8(2)13(7)14)9(6-17-10)5-11(15)16-3/h4,6H,5H2,1-3H3. The maximum Gasteiger partial charge on any atom is 0.310 e. The molecule has 0 amide bonds. The molecule has 0 aliphatic rings. The number of benzene rings is 1. The Kier molecular flexibility index (Phi) is 3.11. The van der Waals surface area contributed by atoms with Crippen molar-refractivity contribution in [2.75, 3.05) is 7.11 Å². The Labute approximate surface area is 104 Å². The van der Waals surface area contributed by atoms with Crippen LogP contribution in [-0.2, 0) is 16.0 Å². The summed E-state index contributed by atoms with van der Waals surface area (Å²) in [4.78, 5) is 11.3. The number of carbonyl (C=O) groups excluding carboxylic acids is 1. The van der Waals surface area contributed by atoms with Gasteiger partial charge in [-0.3, -0.25) is 4.79 Å². The third-order valence-corrected chi connectivity index (χ3v) is 3.44. The zero-order chi connectivity index (χ0) is 12.6. The molecule has 0 unspecified atom stereocenters. The molecule has 0 saturated heterocycles. The number of furan rings is 1. The van der Waals surface area contributed by atoms with Crippen molar-refractivity contribution in [1.82, 2.24) is 0 Å². The summed E-state index contributed by atoms with van der Waals surface area (Å²) in [5.74, 6) is -0.288. The number of rotatable bonds is 2. The molecule has 0 saturated carbocycles. The first-order valence-corrected chi connectivity index (χ1v) is 5.65. The van der Waals surface area contributed by atoms with Gasteiger partial charge < -0.3 is 9.15 Å². The molecule has 2 aromatic rings. The van der Waals surface area contributed by atoms with Gasteiger partial charge in [-0.1, -0.05) is 11.6 Å². The van der Waals surface area contributed by atoms with Gasteiger partial charge in [-0.15, -0.1) is 0 Å². The number of methoxy groups -OCH3 is 1. The fourth-order valence-corrected chi connectivity index (χ4v) is 2.11. The van der Waals surface area contributed by atoms with E-state index >= 15 is 0 Å². The summed E-state index contributed by atoms with van der Waals surface area (Å²) in [6.07, 6.45) is 1.79. The van der Waals surface area contributed by atoms with Crippen molar-refractivity contribution in [1.29, 1.82) is 0 Å². The number of fused-ring (bicyclic) bond motifs is 1. The third-order valence-electron chi connectivity index (χ3n) is 2.86.